The Hall–Kier alpha value is 2.89. The van der Waals surface area contributed by atoms with Crippen LogP contribution in [-0.4, -0.2) is 16.4 Å². The van der Waals surface area contributed by atoms with Gasteiger partial charge in [-0.1, -0.05) is 0 Å². The van der Waals surface area contributed by atoms with Crippen LogP contribution in [0.4, 0.5) is 0 Å². The van der Waals surface area contributed by atoms with E-state index in [0.29, 0.717) is 0 Å². The lowest BCUT2D eigenvalue weighted by atomic mass is 11.8. The van der Waals surface area contributed by atoms with E-state index in [2.05, 4.69) is 69.9 Å². The van der Waals surface area contributed by atoms with E-state index in [0.717, 1.165) is 0 Å². The van der Waals surface area contributed by atoms with Gasteiger partial charge in [0.15, 0.2) is 0 Å². The van der Waals surface area contributed by atoms with Gasteiger partial charge in [-0.25, -0.2) is 0 Å². The van der Waals surface area contributed by atoms with Gasteiger partial charge in [-0.2, -0.15) is 7.20 Å². The minimum absolute atomic E-state index is 0.0971. The fraction of sp³-hybridized carbons (Fsp3) is 1.00. The third-order valence-corrected chi connectivity index (χ3v) is 21.3. The van der Waals surface area contributed by atoms with Crippen LogP contribution >= 0.6 is 75.2 Å². The van der Waals surface area contributed by atoms with Crippen molar-refractivity contribution in [2.75, 3.05) is 16.4 Å². The summed E-state index contributed by atoms with van der Waals surface area (Å²) in [4.78, 5) is 0. The zero-order valence-electron chi connectivity index (χ0n) is 4.36. The van der Waals surface area contributed by atoms with Crippen molar-refractivity contribution in [2.24, 2.45) is 0 Å². The second kappa shape index (κ2) is 2.74. The first-order valence-corrected chi connectivity index (χ1v) is 14.0. The Bertz CT molecular complexity index is 89.1. The van der Waals surface area contributed by atoms with E-state index in [1.807, 2.05) is 0 Å². The second-order valence-electron chi connectivity index (χ2n) is 2.09. The van der Waals surface area contributed by atoms with Gasteiger partial charge >= 0.3 is 0 Å². The third kappa shape index (κ3) is 2.50. The molecule has 0 N–H and O–H groups in total. The number of halogens is 3. The van der Waals surface area contributed by atoms with Crippen molar-refractivity contribution in [2.45, 2.75) is 0 Å². The first kappa shape index (κ1) is 8.98. The molecule has 0 nitrogen and oxygen atoms in total. The van der Waals surface area contributed by atoms with Gasteiger partial charge in [0, 0.05) is 10.2 Å². The molecule has 1 aliphatic rings. The maximum Gasteiger partial charge on any atom is 0.0338 e. The Morgan fingerprint density at radius 3 is 1.50 bits per heavy atom. The van der Waals surface area contributed by atoms with E-state index in [1.54, 1.807) is 0 Å². The van der Waals surface area contributed by atoms with Gasteiger partial charge in [0.2, 0.25) is 0 Å². The predicted molar refractivity (Wildman–Crippen MR) is 72.9 cm³/mol. The topological polar surface area (TPSA) is 0 Å². The first-order valence-electron chi connectivity index (χ1n) is 2.03. The van der Waals surface area contributed by atoms with Gasteiger partial charge in [-0.3, -0.25) is 0 Å². The Balaban J connectivity index is 2.42. The minimum Gasteiger partial charge on any atom is -0.172 e. The highest BCUT2D eigenvalue weighted by atomic mass is 127. The van der Waals surface area contributed by atoms with E-state index >= 15 is 0 Å². The average molecular weight is 488 g/mol. The molecule has 1 fully saturated rings. The van der Waals surface area contributed by atoms with Crippen LogP contribution < -0.4 is 0 Å². The van der Waals surface area contributed by atoms with Crippen molar-refractivity contribution in [3.8, 4) is 0 Å². The summed E-state index contributed by atoms with van der Waals surface area (Å²) in [6.45, 7) is 0. The molecule has 1 saturated heterocycles. The Labute approximate surface area is 89.7 Å². The maximum atomic E-state index is 2.65. The standard InChI is InChI=1S/C3H7I3S2/c1-7(4)2-8(5,6)3-7/h2-3H2,1H3. The van der Waals surface area contributed by atoms with Gasteiger partial charge in [0.25, 0.3) is 0 Å². The zero-order chi connectivity index (χ0) is 6.41. The largest absolute Gasteiger partial charge is 0.172 e. The number of hydrogen-bond acceptors (Lipinski definition) is 0. The average Bonchev–Trinajstić information content (AvgIpc) is 1.20. The fourth-order valence-electron chi connectivity index (χ4n) is 0.684. The van der Waals surface area contributed by atoms with E-state index < -0.39 is 0 Å². The summed E-state index contributed by atoms with van der Waals surface area (Å²) in [7, 11) is -0.0971. The summed E-state index contributed by atoms with van der Waals surface area (Å²) < 4.78 is -0.120. The highest BCUT2D eigenvalue weighted by Crippen LogP contribution is 2.88. The lowest BCUT2D eigenvalue weighted by Crippen LogP contribution is -2.15. The highest BCUT2D eigenvalue weighted by Gasteiger charge is 2.39. The molecule has 0 atom stereocenters. The fourth-order valence-corrected chi connectivity index (χ4v) is 51.7. The van der Waals surface area contributed by atoms with Crippen LogP contribution in [0, 0.1) is 0 Å². The molecule has 0 unspecified atom stereocenters. The third-order valence-electron chi connectivity index (χ3n) is 0.836. The molecular formula is C3H7I3S2. The van der Waals surface area contributed by atoms with Crippen molar-refractivity contribution in [3.63, 3.8) is 0 Å². The van der Waals surface area contributed by atoms with Gasteiger partial charge in [-0.15, -0.1) is 4.37 Å². The Morgan fingerprint density at radius 1 is 1.12 bits per heavy atom. The molecule has 1 aliphatic heterocycles. The summed E-state index contributed by atoms with van der Waals surface area (Å²) in [5, 5.41) is 3.06. The summed E-state index contributed by atoms with van der Waals surface area (Å²) in [6.07, 6.45) is 2.43. The molecule has 0 bridgehead atoms. The van der Waals surface area contributed by atoms with Crippen LogP contribution in [0.15, 0.2) is 0 Å². The normalized spacial score (nSPS) is 39.5. The zero-order valence-corrected chi connectivity index (χ0v) is 12.5. The molecule has 0 aromatic carbocycles. The molecule has 52 valence electrons. The Morgan fingerprint density at radius 2 is 1.50 bits per heavy atom. The first-order chi connectivity index (χ1) is 3.41. The summed E-state index contributed by atoms with van der Waals surface area (Å²) in [5.41, 5.74) is 0. The molecule has 0 aromatic heterocycles. The highest BCUT2D eigenvalue weighted by molar-refractivity contribution is 14.3. The predicted octanol–water partition coefficient (Wildman–Crippen LogP) is 4.20. The van der Waals surface area contributed by atoms with Crippen molar-refractivity contribution < 1.29 is 0 Å². The van der Waals surface area contributed by atoms with Crippen molar-refractivity contribution >= 4 is 75.2 Å². The van der Waals surface area contributed by atoms with Gasteiger partial charge in [-0.05, 0) is 69.9 Å². The van der Waals surface area contributed by atoms with Crippen molar-refractivity contribution in [1.29, 1.82) is 0 Å². The molecular weight excluding hydrogens is 481 g/mol. The monoisotopic (exact) mass is 488 g/mol. The van der Waals surface area contributed by atoms with Crippen LogP contribution in [0.25, 0.3) is 0 Å². The molecule has 1 heterocycles. The van der Waals surface area contributed by atoms with E-state index in [1.165, 1.54) is 10.2 Å². The molecule has 0 aliphatic carbocycles. The molecule has 8 heavy (non-hydrogen) atoms. The summed E-state index contributed by atoms with van der Waals surface area (Å²) in [5.74, 6) is 0. The van der Waals surface area contributed by atoms with Gasteiger partial charge in [0.05, 0.1) is 0 Å². The number of hydrogen-bond donors (Lipinski definition) is 0. The van der Waals surface area contributed by atoms with Crippen LogP contribution in [0.2, 0.25) is 0 Å². The molecule has 0 radical (unpaired) electrons. The quantitative estimate of drug-likeness (QED) is 0.449. The van der Waals surface area contributed by atoms with Crippen LogP contribution in [0.5, 0.6) is 0 Å². The Kier molecular flexibility index (Phi) is 3.08. The van der Waals surface area contributed by atoms with Crippen LogP contribution in [0.3, 0.4) is 0 Å². The lowest BCUT2D eigenvalue weighted by Gasteiger charge is -2.51. The van der Waals surface area contributed by atoms with Crippen molar-refractivity contribution in [1.82, 2.24) is 0 Å². The van der Waals surface area contributed by atoms with E-state index in [-0.39, 0.29) is 11.6 Å². The molecule has 0 spiro atoms. The molecule has 0 aromatic rings. The maximum absolute atomic E-state index is 2.65. The van der Waals surface area contributed by atoms with E-state index in [4.69, 9.17) is 0 Å². The van der Waals surface area contributed by atoms with Gasteiger partial charge < -0.3 is 0 Å². The van der Waals surface area contributed by atoms with Crippen LogP contribution in [-0.2, 0) is 0 Å². The lowest BCUT2D eigenvalue weighted by molar-refractivity contribution is 1.93. The summed E-state index contributed by atoms with van der Waals surface area (Å²) >= 11 is 7.92. The molecule has 1 rings (SSSR count). The second-order valence-corrected chi connectivity index (χ2v) is 29.2. The number of rotatable bonds is 0. The van der Waals surface area contributed by atoms with Crippen molar-refractivity contribution in [3.05, 3.63) is 0 Å². The smallest absolute Gasteiger partial charge is 0.0338 e. The molecule has 0 saturated carbocycles. The molecule has 5 heteroatoms. The van der Waals surface area contributed by atoms with Gasteiger partial charge in [0.1, 0.15) is 0 Å². The van der Waals surface area contributed by atoms with Crippen LogP contribution in [0.1, 0.15) is 0 Å². The molecule has 0 amide bonds. The minimum atomic E-state index is -0.120. The van der Waals surface area contributed by atoms with E-state index in [9.17, 15) is 0 Å². The SMILES string of the molecule is CS1(I)CS(I)(I)C1. The summed E-state index contributed by atoms with van der Waals surface area (Å²) in [6, 6.07) is 0.